The summed E-state index contributed by atoms with van der Waals surface area (Å²) >= 11 is 11.7. The third-order valence-electron chi connectivity index (χ3n) is 3.63. The SMILES string of the molecule is O=S(=O)(c1ccc(Cl)c(Cl)c1)N1CCC(c2ccco2)C1. The molecule has 0 spiro atoms. The summed E-state index contributed by atoms with van der Waals surface area (Å²) < 4.78 is 32.0. The van der Waals surface area contributed by atoms with Gasteiger partial charge in [-0.3, -0.25) is 0 Å². The molecule has 1 aliphatic rings. The van der Waals surface area contributed by atoms with Gasteiger partial charge in [0.05, 0.1) is 21.2 Å². The molecule has 1 aromatic carbocycles. The molecule has 1 aromatic heterocycles. The van der Waals surface area contributed by atoms with Crippen molar-refractivity contribution in [3.05, 3.63) is 52.4 Å². The maximum Gasteiger partial charge on any atom is 0.243 e. The standard InChI is InChI=1S/C14H13Cl2NO3S/c15-12-4-3-11(8-13(12)16)21(18,19)17-6-5-10(9-17)14-2-1-7-20-14/h1-4,7-8,10H,5-6,9H2. The maximum absolute atomic E-state index is 12.6. The molecule has 1 unspecified atom stereocenters. The zero-order chi connectivity index (χ0) is 15.0. The van der Waals surface area contributed by atoms with Gasteiger partial charge in [-0.2, -0.15) is 4.31 Å². The first kappa shape index (κ1) is 14.9. The Morgan fingerprint density at radius 3 is 2.67 bits per heavy atom. The fourth-order valence-corrected chi connectivity index (χ4v) is 4.38. The van der Waals surface area contributed by atoms with Gasteiger partial charge in [-0.1, -0.05) is 23.2 Å². The Bertz CT molecular complexity index is 744. The zero-order valence-electron chi connectivity index (χ0n) is 11.0. The first-order valence-corrected chi connectivity index (χ1v) is 8.66. The van der Waals surface area contributed by atoms with Gasteiger partial charge in [0.25, 0.3) is 0 Å². The number of halogens is 2. The van der Waals surface area contributed by atoms with Crippen LogP contribution in [-0.4, -0.2) is 25.8 Å². The normalized spacial score (nSPS) is 20.0. The van der Waals surface area contributed by atoms with E-state index in [-0.39, 0.29) is 15.8 Å². The molecule has 0 N–H and O–H groups in total. The lowest BCUT2D eigenvalue weighted by molar-refractivity contribution is 0.445. The lowest BCUT2D eigenvalue weighted by Crippen LogP contribution is -2.28. The second-order valence-corrected chi connectivity index (χ2v) is 7.69. The number of furan rings is 1. The monoisotopic (exact) mass is 345 g/mol. The van der Waals surface area contributed by atoms with Crippen molar-refractivity contribution in [2.75, 3.05) is 13.1 Å². The average Bonchev–Trinajstić information content (AvgIpc) is 3.11. The molecule has 0 bridgehead atoms. The predicted octanol–water partition coefficient (Wildman–Crippen LogP) is 3.76. The van der Waals surface area contributed by atoms with Crippen LogP contribution in [0.15, 0.2) is 45.9 Å². The zero-order valence-corrected chi connectivity index (χ0v) is 13.3. The average molecular weight is 346 g/mol. The van der Waals surface area contributed by atoms with Crippen LogP contribution >= 0.6 is 23.2 Å². The minimum atomic E-state index is -3.55. The number of sulfonamides is 1. The van der Waals surface area contributed by atoms with Gasteiger partial charge in [0.2, 0.25) is 10.0 Å². The van der Waals surface area contributed by atoms with Crippen LogP contribution in [0, 0.1) is 0 Å². The fraction of sp³-hybridized carbons (Fsp3) is 0.286. The topological polar surface area (TPSA) is 50.5 Å². The fourth-order valence-electron chi connectivity index (χ4n) is 2.49. The molecule has 3 rings (SSSR count). The smallest absolute Gasteiger partial charge is 0.243 e. The van der Waals surface area contributed by atoms with Crippen LogP contribution in [0.4, 0.5) is 0 Å². The molecule has 4 nitrogen and oxygen atoms in total. The largest absolute Gasteiger partial charge is 0.469 e. The number of nitrogens with zero attached hydrogens (tertiary/aromatic N) is 1. The molecule has 112 valence electrons. The molecule has 1 aliphatic heterocycles. The van der Waals surface area contributed by atoms with Crippen molar-refractivity contribution in [1.29, 1.82) is 0 Å². The van der Waals surface area contributed by atoms with Crippen LogP contribution in [0.1, 0.15) is 18.1 Å². The van der Waals surface area contributed by atoms with Crippen molar-refractivity contribution in [2.45, 2.75) is 17.2 Å². The molecular formula is C14H13Cl2NO3S. The maximum atomic E-state index is 12.6. The quantitative estimate of drug-likeness (QED) is 0.850. The Hall–Kier alpha value is -1.01. The summed E-state index contributed by atoms with van der Waals surface area (Å²) in [4.78, 5) is 0.164. The lowest BCUT2D eigenvalue weighted by atomic mass is 10.1. The second-order valence-electron chi connectivity index (χ2n) is 4.94. The molecule has 1 atom stereocenters. The van der Waals surface area contributed by atoms with E-state index in [1.807, 2.05) is 12.1 Å². The molecule has 2 aromatic rings. The molecular weight excluding hydrogens is 333 g/mol. The van der Waals surface area contributed by atoms with Gasteiger partial charge in [0, 0.05) is 19.0 Å². The van der Waals surface area contributed by atoms with Crippen LogP contribution in [0.5, 0.6) is 0 Å². The minimum absolute atomic E-state index is 0.0950. The van der Waals surface area contributed by atoms with E-state index >= 15 is 0 Å². The Balaban J connectivity index is 1.84. The third kappa shape index (κ3) is 2.83. The van der Waals surface area contributed by atoms with Crippen LogP contribution in [-0.2, 0) is 10.0 Å². The Labute approximate surface area is 133 Å². The number of rotatable bonds is 3. The van der Waals surface area contributed by atoms with Crippen LogP contribution in [0.3, 0.4) is 0 Å². The lowest BCUT2D eigenvalue weighted by Gasteiger charge is -2.16. The van der Waals surface area contributed by atoms with E-state index < -0.39 is 10.0 Å². The van der Waals surface area contributed by atoms with Gasteiger partial charge in [0.15, 0.2) is 0 Å². The van der Waals surface area contributed by atoms with E-state index in [9.17, 15) is 8.42 Å². The van der Waals surface area contributed by atoms with E-state index in [1.165, 1.54) is 22.5 Å². The van der Waals surface area contributed by atoms with Crippen molar-refractivity contribution in [3.8, 4) is 0 Å². The summed E-state index contributed by atoms with van der Waals surface area (Å²) in [5.74, 6) is 0.916. The Morgan fingerprint density at radius 2 is 2.00 bits per heavy atom. The highest BCUT2D eigenvalue weighted by Gasteiger charge is 2.34. The molecule has 21 heavy (non-hydrogen) atoms. The van der Waals surface area contributed by atoms with Gasteiger partial charge < -0.3 is 4.42 Å². The molecule has 7 heteroatoms. The molecule has 0 saturated carbocycles. The van der Waals surface area contributed by atoms with Crippen molar-refractivity contribution in [1.82, 2.24) is 4.31 Å². The molecule has 0 amide bonds. The van der Waals surface area contributed by atoms with Crippen LogP contribution in [0.2, 0.25) is 10.0 Å². The van der Waals surface area contributed by atoms with E-state index in [2.05, 4.69) is 0 Å². The molecule has 1 fully saturated rings. The Morgan fingerprint density at radius 1 is 1.19 bits per heavy atom. The van der Waals surface area contributed by atoms with Crippen molar-refractivity contribution in [2.24, 2.45) is 0 Å². The predicted molar refractivity (Wildman–Crippen MR) is 81.3 cm³/mol. The van der Waals surface area contributed by atoms with E-state index in [1.54, 1.807) is 6.26 Å². The third-order valence-corrected chi connectivity index (χ3v) is 6.23. The van der Waals surface area contributed by atoms with Crippen LogP contribution < -0.4 is 0 Å². The van der Waals surface area contributed by atoms with Crippen molar-refractivity contribution >= 4 is 33.2 Å². The summed E-state index contributed by atoms with van der Waals surface area (Å²) in [6, 6.07) is 8.05. The summed E-state index contributed by atoms with van der Waals surface area (Å²) in [7, 11) is -3.55. The van der Waals surface area contributed by atoms with Gasteiger partial charge in [-0.05, 0) is 36.8 Å². The highest BCUT2D eigenvalue weighted by molar-refractivity contribution is 7.89. The first-order valence-electron chi connectivity index (χ1n) is 6.47. The van der Waals surface area contributed by atoms with Gasteiger partial charge >= 0.3 is 0 Å². The van der Waals surface area contributed by atoms with Crippen molar-refractivity contribution < 1.29 is 12.8 Å². The highest BCUT2D eigenvalue weighted by Crippen LogP contribution is 2.33. The summed E-state index contributed by atoms with van der Waals surface area (Å²) in [6.07, 6.45) is 2.35. The van der Waals surface area contributed by atoms with Gasteiger partial charge in [-0.15, -0.1) is 0 Å². The summed E-state index contributed by atoms with van der Waals surface area (Å²) in [6.45, 7) is 0.879. The first-order chi connectivity index (χ1) is 9.98. The van der Waals surface area contributed by atoms with E-state index in [0.29, 0.717) is 18.1 Å². The minimum Gasteiger partial charge on any atom is -0.469 e. The van der Waals surface area contributed by atoms with Crippen molar-refractivity contribution in [3.63, 3.8) is 0 Å². The molecule has 2 heterocycles. The van der Waals surface area contributed by atoms with E-state index in [0.717, 1.165) is 12.2 Å². The van der Waals surface area contributed by atoms with Crippen LogP contribution in [0.25, 0.3) is 0 Å². The number of hydrogen-bond acceptors (Lipinski definition) is 3. The molecule has 0 radical (unpaired) electrons. The van der Waals surface area contributed by atoms with Gasteiger partial charge in [0.1, 0.15) is 5.76 Å². The second kappa shape index (κ2) is 5.65. The summed E-state index contributed by atoms with van der Waals surface area (Å²) in [5.41, 5.74) is 0. The highest BCUT2D eigenvalue weighted by atomic mass is 35.5. The number of hydrogen-bond donors (Lipinski definition) is 0. The Kier molecular flexibility index (Phi) is 4.01. The summed E-state index contributed by atoms with van der Waals surface area (Å²) in [5, 5.41) is 0.574. The molecule has 1 saturated heterocycles. The van der Waals surface area contributed by atoms with E-state index in [4.69, 9.17) is 27.6 Å². The van der Waals surface area contributed by atoms with Gasteiger partial charge in [-0.25, -0.2) is 8.42 Å². The molecule has 0 aliphatic carbocycles. The number of benzene rings is 1.